The minimum absolute atomic E-state index is 0.345. The molecule has 0 spiro atoms. The number of carbonyl (C=O) groups excluding carboxylic acids is 1. The highest BCUT2D eigenvalue weighted by Crippen LogP contribution is 2.35. The van der Waals surface area contributed by atoms with Gasteiger partial charge in [0.1, 0.15) is 5.78 Å². The van der Waals surface area contributed by atoms with Gasteiger partial charge < -0.3 is 26.6 Å². The summed E-state index contributed by atoms with van der Waals surface area (Å²) in [7, 11) is -5.27. The Kier molecular flexibility index (Phi) is 25.3. The van der Waals surface area contributed by atoms with Gasteiger partial charge in [0.05, 0.1) is 0 Å². The van der Waals surface area contributed by atoms with Crippen LogP contribution in [0.3, 0.4) is 0 Å². The van der Waals surface area contributed by atoms with Gasteiger partial charge >= 0.3 is 17.6 Å². The van der Waals surface area contributed by atoms with E-state index in [1.54, 1.807) is 0 Å². The van der Waals surface area contributed by atoms with Crippen molar-refractivity contribution in [2.75, 3.05) is 39.6 Å². The van der Waals surface area contributed by atoms with Crippen LogP contribution in [-0.2, 0) is 31.4 Å². The molecule has 0 rings (SSSR count). The van der Waals surface area contributed by atoms with Gasteiger partial charge in [-0.25, -0.2) is 0 Å². The van der Waals surface area contributed by atoms with Gasteiger partial charge in [0.2, 0.25) is 0 Å². The van der Waals surface area contributed by atoms with Crippen LogP contribution in [-0.4, -0.2) is 63.0 Å². The summed E-state index contributed by atoms with van der Waals surface area (Å²) in [6, 6.07) is 0. The van der Waals surface area contributed by atoms with E-state index in [9.17, 15) is 4.79 Å². The molecule has 0 fully saturated rings. The minimum atomic E-state index is -2.64. The second-order valence-electron chi connectivity index (χ2n) is 10.5. The summed E-state index contributed by atoms with van der Waals surface area (Å²) >= 11 is 0. The molecule has 7 nitrogen and oxygen atoms in total. The quantitative estimate of drug-likeness (QED) is 0.0597. The number of hydrogen-bond acceptors (Lipinski definition) is 7. The van der Waals surface area contributed by atoms with Crippen LogP contribution >= 0.6 is 0 Å². The van der Waals surface area contributed by atoms with Gasteiger partial charge in [0.25, 0.3) is 0 Å². The molecule has 0 saturated heterocycles. The molecule has 0 N–H and O–H groups in total. The van der Waals surface area contributed by atoms with Gasteiger partial charge in [0.15, 0.2) is 0 Å². The highest BCUT2D eigenvalue weighted by molar-refractivity contribution is 6.62. The van der Waals surface area contributed by atoms with Gasteiger partial charge in [-0.05, 0) is 80.1 Å². The first-order valence-corrected chi connectivity index (χ1v) is 20.3. The van der Waals surface area contributed by atoms with Crippen molar-refractivity contribution in [2.45, 2.75) is 156 Å². The Bertz CT molecular complexity index is 512. The molecule has 0 heterocycles. The fourth-order valence-corrected chi connectivity index (χ4v) is 12.1. The van der Waals surface area contributed by atoms with E-state index in [1.807, 2.05) is 41.5 Å². The summed E-state index contributed by atoms with van der Waals surface area (Å²) < 4.78 is 36.8. The third-order valence-corrected chi connectivity index (χ3v) is 15.1. The number of rotatable bonds is 30. The predicted molar refractivity (Wildman–Crippen MR) is 170 cm³/mol. The molecule has 240 valence electrons. The van der Waals surface area contributed by atoms with Crippen LogP contribution in [0.4, 0.5) is 0 Å². The molecule has 0 aliphatic heterocycles. The van der Waals surface area contributed by atoms with Crippen molar-refractivity contribution in [2.24, 2.45) is 0 Å². The average molecular weight is 607 g/mol. The maximum atomic E-state index is 12.4. The first-order valence-electron chi connectivity index (χ1n) is 16.7. The Labute approximate surface area is 250 Å². The molecule has 0 bridgehead atoms. The van der Waals surface area contributed by atoms with Crippen molar-refractivity contribution >= 4 is 23.4 Å². The lowest BCUT2D eigenvalue weighted by molar-refractivity contribution is -0.119. The van der Waals surface area contributed by atoms with E-state index in [0.29, 0.717) is 56.5 Å². The van der Waals surface area contributed by atoms with Crippen LogP contribution in [0.15, 0.2) is 0 Å². The Hall–Kier alpha value is -0.136. The zero-order chi connectivity index (χ0) is 30.1. The summed E-state index contributed by atoms with van der Waals surface area (Å²) in [5.41, 5.74) is 0.690. The van der Waals surface area contributed by atoms with Gasteiger partial charge in [-0.1, -0.05) is 52.4 Å². The van der Waals surface area contributed by atoms with E-state index >= 15 is 0 Å². The fourth-order valence-electron chi connectivity index (χ4n) is 5.68. The zero-order valence-corrected chi connectivity index (χ0v) is 29.7. The number of carbonyl (C=O) groups is 1. The molecule has 40 heavy (non-hydrogen) atoms. The largest absolute Gasteiger partial charge is 0.504 e. The maximum absolute atomic E-state index is 12.4. The van der Waals surface area contributed by atoms with Gasteiger partial charge in [-0.2, -0.15) is 0 Å². The molecule has 0 aromatic rings. The highest BCUT2D eigenvalue weighted by atomic mass is 28.4. The smallest absolute Gasteiger partial charge is 0.374 e. The van der Waals surface area contributed by atoms with E-state index in [4.69, 9.17) is 26.6 Å². The Morgan fingerprint density at radius 3 is 0.975 bits per heavy atom. The van der Waals surface area contributed by atoms with Gasteiger partial charge in [-0.15, -0.1) is 0 Å². The van der Waals surface area contributed by atoms with Crippen molar-refractivity contribution in [3.05, 3.63) is 0 Å². The Morgan fingerprint density at radius 1 is 0.450 bits per heavy atom. The number of Topliss-reactive ketones (excluding diaryl/α,β-unsaturated/α-hetero) is 1. The van der Waals surface area contributed by atoms with Crippen LogP contribution in [0.25, 0.3) is 0 Å². The van der Waals surface area contributed by atoms with Crippen molar-refractivity contribution in [1.82, 2.24) is 0 Å². The Morgan fingerprint density at radius 2 is 0.725 bits per heavy atom. The molecular weight excluding hydrogens is 541 g/mol. The second-order valence-corrected chi connectivity index (χ2v) is 16.2. The monoisotopic (exact) mass is 606 g/mol. The van der Waals surface area contributed by atoms with Crippen LogP contribution < -0.4 is 0 Å². The van der Waals surface area contributed by atoms with E-state index in [2.05, 4.69) is 13.8 Å². The molecule has 0 aliphatic carbocycles. The molecule has 0 aliphatic rings. The molecule has 2 unspecified atom stereocenters. The summed E-state index contributed by atoms with van der Waals surface area (Å²) in [5.74, 6) is 0.420. The molecular formula is C31H66O7Si2. The third kappa shape index (κ3) is 15.4. The summed E-state index contributed by atoms with van der Waals surface area (Å²) in [6.07, 6.45) is 14.4. The average Bonchev–Trinajstić information content (AvgIpc) is 2.93. The first-order chi connectivity index (χ1) is 19.4. The summed E-state index contributed by atoms with van der Waals surface area (Å²) in [4.78, 5) is 12.4. The molecule has 0 radical (unpaired) electrons. The molecule has 0 amide bonds. The van der Waals surface area contributed by atoms with E-state index in [-0.39, 0.29) is 0 Å². The van der Waals surface area contributed by atoms with E-state index in [0.717, 1.165) is 89.9 Å². The van der Waals surface area contributed by atoms with Crippen LogP contribution in [0, 0.1) is 0 Å². The normalized spacial score (nSPS) is 14.0. The number of ketones is 1. The zero-order valence-electron chi connectivity index (χ0n) is 27.7. The maximum Gasteiger partial charge on any atom is 0.504 e. The molecule has 2 atom stereocenters. The summed E-state index contributed by atoms with van der Waals surface area (Å²) in [6.45, 7) is 20.3. The van der Waals surface area contributed by atoms with Crippen molar-refractivity contribution in [3.63, 3.8) is 0 Å². The highest BCUT2D eigenvalue weighted by Gasteiger charge is 2.48. The van der Waals surface area contributed by atoms with Crippen molar-refractivity contribution < 1.29 is 31.4 Å². The van der Waals surface area contributed by atoms with E-state index < -0.39 is 17.6 Å². The van der Waals surface area contributed by atoms with Crippen LogP contribution in [0.5, 0.6) is 0 Å². The summed E-state index contributed by atoms with van der Waals surface area (Å²) in [5, 5.41) is 0. The Balaban J connectivity index is 4.25. The number of hydrogen-bond donors (Lipinski definition) is 0. The second kappa shape index (κ2) is 25.4. The van der Waals surface area contributed by atoms with Crippen LogP contribution in [0.2, 0.25) is 11.1 Å². The van der Waals surface area contributed by atoms with E-state index in [1.165, 1.54) is 0 Å². The lowest BCUT2D eigenvalue weighted by Gasteiger charge is -2.35. The first kappa shape index (κ1) is 39.9. The molecule has 0 saturated carbocycles. The van der Waals surface area contributed by atoms with Crippen molar-refractivity contribution in [1.29, 1.82) is 0 Å². The molecule has 0 aromatic heterocycles. The molecule has 0 aromatic carbocycles. The standard InChI is InChI=1S/C31H66O7Si2/c1-9-30(39(33-11-3,34-12-4)35-13-5)27-23-19-17-21-25-29(32)26-22-18-20-24-28-31(10-2)40(36-14-6,37-15-7)38-16-8/h30-31H,9-28H2,1-8H3. The van der Waals surface area contributed by atoms with Crippen molar-refractivity contribution in [3.8, 4) is 0 Å². The third-order valence-electron chi connectivity index (χ3n) is 7.58. The fraction of sp³-hybridized carbons (Fsp3) is 0.968. The van der Waals surface area contributed by atoms with Gasteiger partial charge in [-0.3, -0.25) is 4.79 Å². The number of unbranched alkanes of at least 4 members (excludes halogenated alkanes) is 6. The van der Waals surface area contributed by atoms with Crippen LogP contribution in [0.1, 0.15) is 145 Å². The molecule has 9 heteroatoms. The minimum Gasteiger partial charge on any atom is -0.374 e. The topological polar surface area (TPSA) is 72.5 Å². The SMILES string of the molecule is CCO[Si](OCC)(OCC)C(CC)CCCCCCC(=O)CCCCCCC(CC)[Si](OCC)(OCC)OCC. The predicted octanol–water partition coefficient (Wildman–Crippen LogP) is 8.89. The lowest BCUT2D eigenvalue weighted by Crippen LogP contribution is -2.50. The van der Waals surface area contributed by atoms with Gasteiger partial charge in [0, 0.05) is 63.6 Å². The lowest BCUT2D eigenvalue weighted by atomic mass is 10.0.